The zero-order chi connectivity index (χ0) is 9.10. The Morgan fingerprint density at radius 2 is 2.46 bits per heavy atom. The Morgan fingerprint density at radius 1 is 1.54 bits per heavy atom. The Labute approximate surface area is 77.1 Å². The molecule has 70 valence electrons. The van der Waals surface area contributed by atoms with E-state index in [1.165, 1.54) is 0 Å². The van der Waals surface area contributed by atoms with E-state index in [0.29, 0.717) is 11.6 Å². The number of nitrogen functional groups attached to an aromatic ring is 1. The van der Waals surface area contributed by atoms with Crippen LogP contribution in [0.1, 0.15) is 6.42 Å². The molecule has 0 radical (unpaired) electrons. The average Bonchev–Trinajstić information content (AvgIpc) is 2.62. The van der Waals surface area contributed by atoms with Gasteiger partial charge in [0.1, 0.15) is 6.10 Å². The molecule has 3 N–H and O–H groups in total. The van der Waals surface area contributed by atoms with Gasteiger partial charge >= 0.3 is 0 Å². The van der Waals surface area contributed by atoms with Crippen LogP contribution in [0.25, 0.3) is 0 Å². The van der Waals surface area contributed by atoms with Gasteiger partial charge in [-0.15, -0.1) is 0 Å². The van der Waals surface area contributed by atoms with Gasteiger partial charge in [0.05, 0.1) is 11.9 Å². The lowest BCUT2D eigenvalue weighted by Crippen LogP contribution is -2.19. The summed E-state index contributed by atoms with van der Waals surface area (Å²) in [6.07, 6.45) is 2.92. The number of nitrogens with one attached hydrogen (secondary N) is 1. The third kappa shape index (κ3) is 2.09. The molecule has 4 heteroatoms. The summed E-state index contributed by atoms with van der Waals surface area (Å²) >= 11 is 0. The molecule has 1 aromatic rings. The zero-order valence-corrected chi connectivity index (χ0v) is 7.36. The van der Waals surface area contributed by atoms with Crippen LogP contribution in [0.4, 0.5) is 5.69 Å². The minimum absolute atomic E-state index is 0.260. The van der Waals surface area contributed by atoms with Crippen molar-refractivity contribution in [2.24, 2.45) is 0 Å². The summed E-state index contributed by atoms with van der Waals surface area (Å²) in [7, 11) is 0. The Hall–Kier alpha value is -1.29. The Balaban J connectivity index is 1.97. The molecule has 0 amide bonds. The van der Waals surface area contributed by atoms with E-state index in [4.69, 9.17) is 10.5 Å². The van der Waals surface area contributed by atoms with E-state index < -0.39 is 0 Å². The number of rotatable bonds is 2. The molecule has 1 unspecified atom stereocenters. The standard InChI is InChI=1S/C9H13N3O/c10-7-1-2-9(12-5-7)13-8-3-4-11-6-8/h1-2,5,8,11H,3-4,6,10H2. The Morgan fingerprint density at radius 3 is 3.08 bits per heavy atom. The van der Waals surface area contributed by atoms with E-state index in [-0.39, 0.29) is 6.10 Å². The third-order valence-corrected chi connectivity index (χ3v) is 2.06. The molecule has 0 aromatic carbocycles. The predicted octanol–water partition coefficient (Wildman–Crippen LogP) is 0.404. The normalized spacial score (nSPS) is 21.7. The summed E-state index contributed by atoms with van der Waals surface area (Å²) in [6.45, 7) is 1.94. The van der Waals surface area contributed by atoms with Crippen LogP contribution in [0, 0.1) is 0 Å². The van der Waals surface area contributed by atoms with Crippen molar-refractivity contribution < 1.29 is 4.74 Å². The SMILES string of the molecule is Nc1ccc(OC2CCNC2)nc1. The molecule has 2 heterocycles. The van der Waals surface area contributed by atoms with Crippen LogP contribution >= 0.6 is 0 Å². The first-order valence-corrected chi connectivity index (χ1v) is 4.43. The number of ether oxygens (including phenoxy) is 1. The van der Waals surface area contributed by atoms with Crippen LogP contribution < -0.4 is 15.8 Å². The van der Waals surface area contributed by atoms with Crippen LogP contribution in [0.2, 0.25) is 0 Å². The average molecular weight is 179 g/mol. The highest BCUT2D eigenvalue weighted by molar-refractivity contribution is 5.36. The maximum atomic E-state index is 5.60. The molecule has 1 atom stereocenters. The van der Waals surface area contributed by atoms with Crippen molar-refractivity contribution in [3.05, 3.63) is 18.3 Å². The number of hydrogen-bond donors (Lipinski definition) is 2. The van der Waals surface area contributed by atoms with Gasteiger partial charge in [-0.2, -0.15) is 0 Å². The lowest BCUT2D eigenvalue weighted by Gasteiger charge is -2.10. The van der Waals surface area contributed by atoms with Crippen molar-refractivity contribution in [2.45, 2.75) is 12.5 Å². The van der Waals surface area contributed by atoms with Crippen LogP contribution in [-0.4, -0.2) is 24.2 Å². The summed E-state index contributed by atoms with van der Waals surface area (Å²) in [4.78, 5) is 4.07. The van der Waals surface area contributed by atoms with Gasteiger partial charge in [0.2, 0.25) is 5.88 Å². The quantitative estimate of drug-likeness (QED) is 0.690. The zero-order valence-electron chi connectivity index (χ0n) is 7.36. The molecule has 1 aliphatic heterocycles. The monoisotopic (exact) mass is 179 g/mol. The van der Waals surface area contributed by atoms with Crippen LogP contribution in [-0.2, 0) is 0 Å². The van der Waals surface area contributed by atoms with E-state index >= 15 is 0 Å². The fourth-order valence-corrected chi connectivity index (χ4v) is 1.36. The molecule has 2 rings (SSSR count). The van der Waals surface area contributed by atoms with E-state index in [1.807, 2.05) is 0 Å². The fourth-order valence-electron chi connectivity index (χ4n) is 1.36. The lowest BCUT2D eigenvalue weighted by molar-refractivity contribution is 0.214. The van der Waals surface area contributed by atoms with Crippen LogP contribution in [0.3, 0.4) is 0 Å². The summed E-state index contributed by atoms with van der Waals surface area (Å²) in [5.74, 6) is 0.655. The van der Waals surface area contributed by atoms with Gasteiger partial charge in [0.15, 0.2) is 0 Å². The minimum atomic E-state index is 0.260. The molecule has 13 heavy (non-hydrogen) atoms. The summed E-state index contributed by atoms with van der Waals surface area (Å²) in [5.41, 5.74) is 6.17. The fraction of sp³-hybridized carbons (Fsp3) is 0.444. The smallest absolute Gasteiger partial charge is 0.213 e. The van der Waals surface area contributed by atoms with Gasteiger partial charge in [-0.1, -0.05) is 0 Å². The van der Waals surface area contributed by atoms with E-state index in [0.717, 1.165) is 19.5 Å². The lowest BCUT2D eigenvalue weighted by atomic mass is 10.3. The Kier molecular flexibility index (Phi) is 2.31. The molecule has 1 saturated heterocycles. The first-order chi connectivity index (χ1) is 6.34. The molecular weight excluding hydrogens is 166 g/mol. The van der Waals surface area contributed by atoms with Crippen LogP contribution in [0.5, 0.6) is 5.88 Å². The number of pyridine rings is 1. The molecular formula is C9H13N3O. The molecule has 1 fully saturated rings. The molecule has 0 bridgehead atoms. The number of nitrogens with zero attached hydrogens (tertiary/aromatic N) is 1. The van der Waals surface area contributed by atoms with Crippen molar-refractivity contribution in [3.63, 3.8) is 0 Å². The van der Waals surface area contributed by atoms with Crippen LogP contribution in [0.15, 0.2) is 18.3 Å². The molecule has 1 aromatic heterocycles. The molecule has 0 saturated carbocycles. The second kappa shape index (κ2) is 3.62. The van der Waals surface area contributed by atoms with Gasteiger partial charge in [-0.3, -0.25) is 0 Å². The van der Waals surface area contributed by atoms with Gasteiger partial charge < -0.3 is 15.8 Å². The van der Waals surface area contributed by atoms with Crippen molar-refractivity contribution >= 4 is 5.69 Å². The first kappa shape index (κ1) is 8.31. The highest BCUT2D eigenvalue weighted by atomic mass is 16.5. The predicted molar refractivity (Wildman–Crippen MR) is 50.6 cm³/mol. The second-order valence-corrected chi connectivity index (χ2v) is 3.16. The molecule has 1 aliphatic rings. The van der Waals surface area contributed by atoms with Gasteiger partial charge in [0, 0.05) is 12.6 Å². The van der Waals surface area contributed by atoms with Crippen molar-refractivity contribution in [1.29, 1.82) is 0 Å². The number of aromatic nitrogens is 1. The molecule has 4 nitrogen and oxygen atoms in total. The van der Waals surface area contributed by atoms with E-state index in [2.05, 4.69) is 10.3 Å². The van der Waals surface area contributed by atoms with Gasteiger partial charge in [-0.05, 0) is 19.0 Å². The third-order valence-electron chi connectivity index (χ3n) is 2.06. The summed E-state index contributed by atoms with van der Waals surface area (Å²) in [6, 6.07) is 3.60. The maximum Gasteiger partial charge on any atom is 0.213 e. The van der Waals surface area contributed by atoms with Crippen molar-refractivity contribution in [2.75, 3.05) is 18.8 Å². The first-order valence-electron chi connectivity index (χ1n) is 4.43. The van der Waals surface area contributed by atoms with E-state index in [1.54, 1.807) is 18.3 Å². The van der Waals surface area contributed by atoms with Crippen molar-refractivity contribution in [1.82, 2.24) is 10.3 Å². The topological polar surface area (TPSA) is 60.2 Å². The highest BCUT2D eigenvalue weighted by Crippen LogP contribution is 2.12. The van der Waals surface area contributed by atoms with Gasteiger partial charge in [-0.25, -0.2) is 4.98 Å². The molecule has 0 spiro atoms. The second-order valence-electron chi connectivity index (χ2n) is 3.16. The summed E-state index contributed by atoms with van der Waals surface area (Å²) < 4.78 is 5.60. The van der Waals surface area contributed by atoms with Crippen molar-refractivity contribution in [3.8, 4) is 5.88 Å². The Bertz CT molecular complexity index is 267. The largest absolute Gasteiger partial charge is 0.473 e. The molecule has 0 aliphatic carbocycles. The number of nitrogens with two attached hydrogens (primary N) is 1. The highest BCUT2D eigenvalue weighted by Gasteiger charge is 2.15. The number of hydrogen-bond acceptors (Lipinski definition) is 4. The van der Waals surface area contributed by atoms with E-state index in [9.17, 15) is 0 Å². The number of anilines is 1. The maximum absolute atomic E-state index is 5.60. The minimum Gasteiger partial charge on any atom is -0.473 e. The van der Waals surface area contributed by atoms with Gasteiger partial charge in [0.25, 0.3) is 0 Å². The summed E-state index contributed by atoms with van der Waals surface area (Å²) in [5, 5.41) is 3.23.